The lowest BCUT2D eigenvalue weighted by Crippen LogP contribution is -2.11. The van der Waals surface area contributed by atoms with Gasteiger partial charge in [0.25, 0.3) is 5.91 Å². The maximum Gasteiger partial charge on any atom is 0.257 e. The van der Waals surface area contributed by atoms with E-state index in [1.807, 2.05) is 6.07 Å². The Morgan fingerprint density at radius 2 is 1.80 bits per heavy atom. The van der Waals surface area contributed by atoms with Crippen molar-refractivity contribution < 1.29 is 14.3 Å². The second-order valence-corrected chi connectivity index (χ2v) is 6.62. The highest BCUT2D eigenvalue weighted by molar-refractivity contribution is 7.22. The average Bonchev–Trinajstić information content (AvgIpc) is 3.26. The summed E-state index contributed by atoms with van der Waals surface area (Å²) in [6.45, 7) is 0. The summed E-state index contributed by atoms with van der Waals surface area (Å²) in [5, 5.41) is 3.29. The van der Waals surface area contributed by atoms with Crippen molar-refractivity contribution in [3.8, 4) is 11.5 Å². The van der Waals surface area contributed by atoms with E-state index in [1.165, 1.54) is 11.3 Å². The predicted octanol–water partition coefficient (Wildman–Crippen LogP) is 3.57. The van der Waals surface area contributed by atoms with Crippen LogP contribution in [0.1, 0.15) is 10.4 Å². The zero-order valence-electron chi connectivity index (χ0n) is 13.3. The lowest BCUT2D eigenvalue weighted by atomic mass is 10.2. The van der Waals surface area contributed by atoms with Crippen molar-refractivity contribution in [2.75, 3.05) is 19.5 Å². The largest absolute Gasteiger partial charge is 0.495 e. The van der Waals surface area contributed by atoms with Gasteiger partial charge in [0.05, 0.1) is 25.9 Å². The number of carbonyl (C=O) groups excluding carboxylic acids is 1. The number of aromatic nitrogens is 3. The van der Waals surface area contributed by atoms with Crippen molar-refractivity contribution in [3.05, 3.63) is 35.9 Å². The van der Waals surface area contributed by atoms with E-state index in [0.29, 0.717) is 33.2 Å². The van der Waals surface area contributed by atoms with Crippen LogP contribution in [-0.4, -0.2) is 33.9 Å². The third-order valence-corrected chi connectivity index (χ3v) is 5.19. The van der Waals surface area contributed by atoms with Crippen LogP contribution in [0.3, 0.4) is 0 Å². The van der Waals surface area contributed by atoms with E-state index in [4.69, 9.17) is 9.47 Å². The van der Waals surface area contributed by atoms with Gasteiger partial charge in [0.15, 0.2) is 5.13 Å². The number of carbonyl (C=O) groups is 1. The van der Waals surface area contributed by atoms with Crippen LogP contribution in [0.2, 0.25) is 0 Å². The first-order valence-electron chi connectivity index (χ1n) is 7.25. The van der Waals surface area contributed by atoms with Crippen LogP contribution in [-0.2, 0) is 0 Å². The van der Waals surface area contributed by atoms with Gasteiger partial charge in [-0.1, -0.05) is 11.3 Å². The van der Waals surface area contributed by atoms with E-state index in [1.54, 1.807) is 38.5 Å². The fourth-order valence-electron chi connectivity index (χ4n) is 2.43. The van der Waals surface area contributed by atoms with Gasteiger partial charge in [0.1, 0.15) is 32.7 Å². The van der Waals surface area contributed by atoms with E-state index in [2.05, 4.69) is 19.0 Å². The minimum atomic E-state index is -0.258. The molecular weight excluding hydrogens is 360 g/mol. The maximum absolute atomic E-state index is 12.5. The quantitative estimate of drug-likeness (QED) is 0.589. The Morgan fingerprint density at radius 1 is 1.04 bits per heavy atom. The maximum atomic E-state index is 12.5. The molecule has 4 aromatic rings. The summed E-state index contributed by atoms with van der Waals surface area (Å²) < 4.78 is 19.8. The molecule has 1 amide bonds. The number of hydrogen-bond acceptors (Lipinski definition) is 8. The van der Waals surface area contributed by atoms with Gasteiger partial charge in [-0.3, -0.25) is 10.1 Å². The Labute approximate surface area is 150 Å². The number of thiazole rings is 1. The van der Waals surface area contributed by atoms with Crippen LogP contribution in [0, 0.1) is 0 Å². The number of ether oxygens (including phenoxy) is 2. The zero-order valence-corrected chi connectivity index (χ0v) is 14.9. The van der Waals surface area contributed by atoms with E-state index in [-0.39, 0.29) is 5.91 Å². The summed E-state index contributed by atoms with van der Waals surface area (Å²) in [4.78, 5) is 17.0. The molecular formula is C16H12N4O3S2. The number of methoxy groups -OCH3 is 2. The molecule has 126 valence electrons. The molecule has 4 rings (SSSR count). The molecule has 0 spiro atoms. The molecule has 0 atom stereocenters. The standard InChI is InChI=1S/C16H12N4O3S2/c1-22-11-5-6-12(23-2)14-13(11)17-16(24-14)18-15(21)8-3-4-9-10(7-8)20-25-19-9/h3-7H,1-2H3,(H,17,18,21). The Balaban J connectivity index is 1.68. The van der Waals surface area contributed by atoms with Crippen LogP contribution >= 0.6 is 23.1 Å². The number of benzene rings is 2. The van der Waals surface area contributed by atoms with Gasteiger partial charge >= 0.3 is 0 Å². The van der Waals surface area contributed by atoms with Crippen molar-refractivity contribution in [2.24, 2.45) is 0 Å². The van der Waals surface area contributed by atoms with Crippen molar-refractivity contribution in [2.45, 2.75) is 0 Å². The second kappa shape index (κ2) is 6.26. The summed E-state index contributed by atoms with van der Waals surface area (Å²) in [7, 11) is 3.17. The molecule has 25 heavy (non-hydrogen) atoms. The lowest BCUT2D eigenvalue weighted by Gasteiger charge is -2.03. The molecule has 0 aliphatic heterocycles. The highest BCUT2D eigenvalue weighted by Gasteiger charge is 2.16. The van der Waals surface area contributed by atoms with E-state index in [0.717, 1.165) is 21.9 Å². The fourth-order valence-corrected chi connectivity index (χ4v) is 3.92. The van der Waals surface area contributed by atoms with Crippen LogP contribution in [0.4, 0.5) is 5.13 Å². The Kier molecular flexibility index (Phi) is 3.94. The zero-order chi connectivity index (χ0) is 17.4. The molecule has 2 aromatic heterocycles. The molecule has 9 heteroatoms. The Morgan fingerprint density at radius 3 is 2.60 bits per heavy atom. The number of nitrogens with zero attached hydrogens (tertiary/aromatic N) is 3. The summed E-state index contributed by atoms with van der Waals surface area (Å²) >= 11 is 2.45. The number of amides is 1. The topological polar surface area (TPSA) is 86.2 Å². The molecule has 0 radical (unpaired) electrons. The van der Waals surface area contributed by atoms with Gasteiger partial charge < -0.3 is 9.47 Å². The third-order valence-electron chi connectivity index (χ3n) is 3.65. The SMILES string of the molecule is COc1ccc(OC)c2sc(NC(=O)c3ccc4nsnc4c3)nc12. The van der Waals surface area contributed by atoms with Crippen LogP contribution in [0.25, 0.3) is 21.3 Å². The van der Waals surface area contributed by atoms with E-state index >= 15 is 0 Å². The van der Waals surface area contributed by atoms with Crippen molar-refractivity contribution >= 4 is 55.4 Å². The number of fused-ring (bicyclic) bond motifs is 2. The molecule has 2 heterocycles. The number of hydrogen-bond donors (Lipinski definition) is 1. The van der Waals surface area contributed by atoms with Gasteiger partial charge in [-0.15, -0.1) is 0 Å². The van der Waals surface area contributed by atoms with Gasteiger partial charge in [-0.05, 0) is 30.3 Å². The van der Waals surface area contributed by atoms with Gasteiger partial charge in [-0.2, -0.15) is 8.75 Å². The Hall–Kier alpha value is -2.78. The number of nitrogens with one attached hydrogen (secondary N) is 1. The molecule has 0 aliphatic carbocycles. The van der Waals surface area contributed by atoms with Gasteiger partial charge in [0.2, 0.25) is 0 Å². The molecule has 2 aromatic carbocycles. The fraction of sp³-hybridized carbons (Fsp3) is 0.125. The minimum absolute atomic E-state index is 0.258. The van der Waals surface area contributed by atoms with Crippen LogP contribution in [0.5, 0.6) is 11.5 Å². The van der Waals surface area contributed by atoms with Crippen molar-refractivity contribution in [1.82, 2.24) is 13.7 Å². The van der Waals surface area contributed by atoms with E-state index in [9.17, 15) is 4.79 Å². The normalized spacial score (nSPS) is 11.0. The molecule has 0 unspecified atom stereocenters. The number of rotatable bonds is 4. The lowest BCUT2D eigenvalue weighted by molar-refractivity contribution is 0.102. The molecule has 0 bridgehead atoms. The van der Waals surface area contributed by atoms with Gasteiger partial charge in [0, 0.05) is 5.56 Å². The first-order chi connectivity index (χ1) is 12.2. The number of anilines is 1. The summed E-state index contributed by atoms with van der Waals surface area (Å²) in [5.74, 6) is 1.05. The molecule has 0 saturated carbocycles. The molecule has 7 nitrogen and oxygen atoms in total. The third kappa shape index (κ3) is 2.77. The first kappa shape index (κ1) is 15.7. The first-order valence-corrected chi connectivity index (χ1v) is 8.79. The molecule has 0 saturated heterocycles. The van der Waals surface area contributed by atoms with Crippen molar-refractivity contribution in [3.63, 3.8) is 0 Å². The van der Waals surface area contributed by atoms with E-state index < -0.39 is 0 Å². The highest BCUT2D eigenvalue weighted by Crippen LogP contribution is 2.38. The second-order valence-electron chi connectivity index (χ2n) is 5.09. The van der Waals surface area contributed by atoms with Crippen molar-refractivity contribution in [1.29, 1.82) is 0 Å². The minimum Gasteiger partial charge on any atom is -0.495 e. The van der Waals surface area contributed by atoms with Gasteiger partial charge in [-0.25, -0.2) is 4.98 Å². The molecule has 1 N–H and O–H groups in total. The monoisotopic (exact) mass is 372 g/mol. The van der Waals surface area contributed by atoms with Crippen LogP contribution < -0.4 is 14.8 Å². The Bertz CT molecular complexity index is 1050. The predicted molar refractivity (Wildman–Crippen MR) is 98.1 cm³/mol. The average molecular weight is 372 g/mol. The summed E-state index contributed by atoms with van der Waals surface area (Å²) in [5.41, 5.74) is 2.63. The summed E-state index contributed by atoms with van der Waals surface area (Å²) in [6, 6.07) is 8.80. The summed E-state index contributed by atoms with van der Waals surface area (Å²) in [6.07, 6.45) is 0. The molecule has 0 aliphatic rings. The molecule has 0 fully saturated rings. The smallest absolute Gasteiger partial charge is 0.257 e. The highest BCUT2D eigenvalue weighted by atomic mass is 32.1. The van der Waals surface area contributed by atoms with Crippen LogP contribution in [0.15, 0.2) is 30.3 Å².